The first-order chi connectivity index (χ1) is 7.07. The maximum absolute atomic E-state index is 2.44. The van der Waals surface area contributed by atoms with E-state index in [1.165, 1.54) is 44.9 Å². The molecular formula is C15H32. The minimum atomic E-state index is 0.863. The van der Waals surface area contributed by atoms with Crippen LogP contribution in [-0.2, 0) is 0 Å². The third kappa shape index (κ3) is 8.96. The van der Waals surface area contributed by atoms with Gasteiger partial charge in [-0.25, -0.2) is 0 Å². The Morgan fingerprint density at radius 3 is 1.87 bits per heavy atom. The van der Waals surface area contributed by atoms with Gasteiger partial charge in [-0.2, -0.15) is 0 Å². The number of unbranched alkanes of at least 4 members (excludes halogenated alkanes) is 4. The van der Waals surface area contributed by atoms with Crippen LogP contribution in [0.25, 0.3) is 0 Å². The summed E-state index contributed by atoms with van der Waals surface area (Å²) in [5.41, 5.74) is 0. The molecule has 0 aromatic heterocycles. The first-order valence-electron chi connectivity index (χ1n) is 7.07. The summed E-state index contributed by atoms with van der Waals surface area (Å²) >= 11 is 0. The lowest BCUT2D eigenvalue weighted by atomic mass is 9.85. The third-order valence-electron chi connectivity index (χ3n) is 3.58. The summed E-state index contributed by atoms with van der Waals surface area (Å²) in [4.78, 5) is 0. The molecule has 0 spiro atoms. The molecule has 0 aliphatic rings. The fourth-order valence-electron chi connectivity index (χ4n) is 2.33. The Hall–Kier alpha value is 0. The molecule has 0 N–H and O–H groups in total. The van der Waals surface area contributed by atoms with E-state index in [2.05, 4.69) is 34.6 Å². The zero-order valence-corrected chi connectivity index (χ0v) is 11.7. The molecule has 0 amide bonds. The monoisotopic (exact) mass is 212 g/mol. The predicted molar refractivity (Wildman–Crippen MR) is 71.2 cm³/mol. The summed E-state index contributed by atoms with van der Waals surface area (Å²) < 4.78 is 0. The second kappa shape index (κ2) is 9.24. The van der Waals surface area contributed by atoms with Crippen molar-refractivity contribution in [2.24, 2.45) is 17.8 Å². The Kier molecular flexibility index (Phi) is 9.24. The van der Waals surface area contributed by atoms with Crippen LogP contribution in [0.1, 0.15) is 79.6 Å². The van der Waals surface area contributed by atoms with E-state index in [4.69, 9.17) is 0 Å². The van der Waals surface area contributed by atoms with Crippen molar-refractivity contribution in [1.29, 1.82) is 0 Å². The smallest absolute Gasteiger partial charge is 0.0415 e. The van der Waals surface area contributed by atoms with Crippen LogP contribution in [-0.4, -0.2) is 0 Å². The van der Waals surface area contributed by atoms with Crippen LogP contribution >= 0.6 is 0 Å². The van der Waals surface area contributed by atoms with E-state index in [1.54, 1.807) is 0 Å². The average molecular weight is 212 g/mol. The van der Waals surface area contributed by atoms with E-state index >= 15 is 0 Å². The standard InChI is InChI=1S/C15H32/c1-6-7-8-9-10-11-14(4)15(5)12-13(2)3/h13-15H,6-12H2,1-5H3. The lowest BCUT2D eigenvalue weighted by molar-refractivity contribution is 0.300. The van der Waals surface area contributed by atoms with Gasteiger partial charge in [0.25, 0.3) is 0 Å². The SMILES string of the molecule is CCCCCCCC(C)C(C)CC(C)C. The van der Waals surface area contributed by atoms with Crippen molar-refractivity contribution in [3.05, 3.63) is 0 Å². The lowest BCUT2D eigenvalue weighted by Crippen LogP contribution is -2.10. The molecule has 15 heavy (non-hydrogen) atoms. The molecule has 0 radical (unpaired) electrons. The van der Waals surface area contributed by atoms with Crippen LogP contribution in [0.4, 0.5) is 0 Å². The van der Waals surface area contributed by atoms with Crippen LogP contribution in [0.5, 0.6) is 0 Å². The van der Waals surface area contributed by atoms with Gasteiger partial charge in [-0.05, 0) is 24.2 Å². The van der Waals surface area contributed by atoms with E-state index in [9.17, 15) is 0 Å². The van der Waals surface area contributed by atoms with Crippen molar-refractivity contribution in [2.75, 3.05) is 0 Å². The van der Waals surface area contributed by atoms with Crippen LogP contribution in [0.15, 0.2) is 0 Å². The highest BCUT2D eigenvalue weighted by atomic mass is 14.2. The molecule has 0 aromatic rings. The lowest BCUT2D eigenvalue weighted by Gasteiger charge is -2.21. The summed E-state index contributed by atoms with van der Waals surface area (Å²) in [5.74, 6) is 2.70. The molecular weight excluding hydrogens is 180 g/mol. The third-order valence-corrected chi connectivity index (χ3v) is 3.58. The highest BCUT2D eigenvalue weighted by Crippen LogP contribution is 2.24. The van der Waals surface area contributed by atoms with Crippen molar-refractivity contribution >= 4 is 0 Å². The minimum Gasteiger partial charge on any atom is -0.0654 e. The molecule has 0 fully saturated rings. The molecule has 0 nitrogen and oxygen atoms in total. The van der Waals surface area contributed by atoms with Crippen molar-refractivity contribution in [3.63, 3.8) is 0 Å². The van der Waals surface area contributed by atoms with Crippen molar-refractivity contribution < 1.29 is 0 Å². The number of hydrogen-bond acceptors (Lipinski definition) is 0. The summed E-state index contributed by atoms with van der Waals surface area (Å²) in [6, 6.07) is 0. The summed E-state index contributed by atoms with van der Waals surface area (Å²) in [6.45, 7) is 11.8. The molecule has 92 valence electrons. The van der Waals surface area contributed by atoms with Crippen molar-refractivity contribution in [3.8, 4) is 0 Å². The molecule has 0 heterocycles. The second-order valence-electron chi connectivity index (χ2n) is 5.79. The van der Waals surface area contributed by atoms with Gasteiger partial charge >= 0.3 is 0 Å². The van der Waals surface area contributed by atoms with E-state index in [-0.39, 0.29) is 0 Å². The van der Waals surface area contributed by atoms with Gasteiger partial charge in [0.1, 0.15) is 0 Å². The molecule has 0 aliphatic heterocycles. The Bertz CT molecular complexity index is 126. The fraction of sp³-hybridized carbons (Fsp3) is 1.00. The molecule has 2 atom stereocenters. The Morgan fingerprint density at radius 2 is 1.33 bits per heavy atom. The zero-order chi connectivity index (χ0) is 11.7. The maximum atomic E-state index is 2.44. The highest BCUT2D eigenvalue weighted by Gasteiger charge is 2.12. The van der Waals surface area contributed by atoms with E-state index in [0.717, 1.165) is 17.8 Å². The molecule has 0 saturated heterocycles. The molecule has 0 bridgehead atoms. The maximum Gasteiger partial charge on any atom is -0.0415 e. The highest BCUT2D eigenvalue weighted by molar-refractivity contribution is 4.64. The topological polar surface area (TPSA) is 0 Å². The van der Waals surface area contributed by atoms with Gasteiger partial charge in [-0.1, -0.05) is 73.1 Å². The second-order valence-corrected chi connectivity index (χ2v) is 5.79. The van der Waals surface area contributed by atoms with Gasteiger partial charge in [0.15, 0.2) is 0 Å². The van der Waals surface area contributed by atoms with E-state index in [0.29, 0.717) is 0 Å². The average Bonchev–Trinajstić information content (AvgIpc) is 2.16. The quantitative estimate of drug-likeness (QED) is 0.432. The first-order valence-corrected chi connectivity index (χ1v) is 7.07. The molecule has 0 saturated carbocycles. The van der Waals surface area contributed by atoms with E-state index in [1.807, 2.05) is 0 Å². The van der Waals surface area contributed by atoms with Crippen LogP contribution in [0, 0.1) is 17.8 Å². The molecule has 0 heteroatoms. The normalized spacial score (nSPS) is 15.6. The minimum absolute atomic E-state index is 0.863. The number of rotatable bonds is 9. The summed E-state index contributed by atoms with van der Waals surface area (Å²) in [6.07, 6.45) is 9.97. The van der Waals surface area contributed by atoms with Gasteiger partial charge in [0, 0.05) is 0 Å². The Morgan fingerprint density at radius 1 is 0.733 bits per heavy atom. The predicted octanol–water partition coefficient (Wildman–Crippen LogP) is 5.67. The van der Waals surface area contributed by atoms with Crippen molar-refractivity contribution in [2.45, 2.75) is 79.6 Å². The van der Waals surface area contributed by atoms with Crippen LogP contribution in [0.2, 0.25) is 0 Å². The summed E-state index contributed by atoms with van der Waals surface area (Å²) in [7, 11) is 0. The Balaban J connectivity index is 3.42. The van der Waals surface area contributed by atoms with Crippen LogP contribution < -0.4 is 0 Å². The van der Waals surface area contributed by atoms with Gasteiger partial charge in [-0.3, -0.25) is 0 Å². The van der Waals surface area contributed by atoms with Gasteiger partial charge in [0.05, 0.1) is 0 Å². The van der Waals surface area contributed by atoms with Crippen LogP contribution in [0.3, 0.4) is 0 Å². The van der Waals surface area contributed by atoms with Crippen molar-refractivity contribution in [1.82, 2.24) is 0 Å². The van der Waals surface area contributed by atoms with Gasteiger partial charge in [-0.15, -0.1) is 0 Å². The molecule has 0 rings (SSSR count). The van der Waals surface area contributed by atoms with Gasteiger partial charge < -0.3 is 0 Å². The van der Waals surface area contributed by atoms with E-state index < -0.39 is 0 Å². The number of hydrogen-bond donors (Lipinski definition) is 0. The largest absolute Gasteiger partial charge is 0.0654 e. The first kappa shape index (κ1) is 15.0. The zero-order valence-electron chi connectivity index (χ0n) is 11.7. The molecule has 0 aromatic carbocycles. The fourth-order valence-corrected chi connectivity index (χ4v) is 2.33. The Labute approximate surface area is 97.8 Å². The molecule has 2 unspecified atom stereocenters. The molecule has 0 aliphatic carbocycles. The van der Waals surface area contributed by atoms with Gasteiger partial charge in [0.2, 0.25) is 0 Å². The summed E-state index contributed by atoms with van der Waals surface area (Å²) in [5, 5.41) is 0.